The highest BCUT2D eigenvalue weighted by molar-refractivity contribution is 6.22. The van der Waals surface area contributed by atoms with Crippen molar-refractivity contribution < 1.29 is 28.7 Å². The van der Waals surface area contributed by atoms with Crippen molar-refractivity contribution in [1.29, 1.82) is 0 Å². The molecule has 3 aliphatic rings. The molecule has 2 saturated heterocycles. The minimum absolute atomic E-state index is 0.0414. The number of fused-ring (bicyclic) bond motifs is 1. The summed E-state index contributed by atoms with van der Waals surface area (Å²) in [5.41, 5.74) is 1.26. The zero-order chi connectivity index (χ0) is 27.0. The van der Waals surface area contributed by atoms with E-state index in [1.807, 2.05) is 26.8 Å². The molecule has 0 bridgehead atoms. The third kappa shape index (κ3) is 5.62. The second kappa shape index (κ2) is 10.1. The SMILES string of the molecule is CC(CCC(=O)NC=O)N1C(=O)c2ccc(N3CCC4(CCN(C(=O)OC(C)(C)C)CC4)C3)cc2C1=O. The third-order valence-corrected chi connectivity index (χ3v) is 7.63. The van der Waals surface area contributed by atoms with Crippen LogP contribution in [0.2, 0.25) is 0 Å². The molecular weight excluding hydrogens is 476 g/mol. The Morgan fingerprint density at radius 3 is 2.38 bits per heavy atom. The molecule has 200 valence electrons. The lowest BCUT2D eigenvalue weighted by molar-refractivity contribution is -0.125. The van der Waals surface area contributed by atoms with Crippen LogP contribution in [-0.2, 0) is 14.3 Å². The maximum atomic E-state index is 13.2. The van der Waals surface area contributed by atoms with Crippen molar-refractivity contribution in [3.05, 3.63) is 29.3 Å². The van der Waals surface area contributed by atoms with Crippen molar-refractivity contribution >= 4 is 35.9 Å². The Balaban J connectivity index is 1.38. The molecule has 10 heteroatoms. The Kier molecular flexibility index (Phi) is 7.30. The summed E-state index contributed by atoms with van der Waals surface area (Å²) in [5, 5.41) is 2.07. The Labute approximate surface area is 217 Å². The summed E-state index contributed by atoms with van der Waals surface area (Å²) in [6, 6.07) is 4.94. The number of hydrogen-bond acceptors (Lipinski definition) is 7. The Bertz CT molecular complexity index is 1100. The summed E-state index contributed by atoms with van der Waals surface area (Å²) >= 11 is 0. The van der Waals surface area contributed by atoms with Gasteiger partial charge < -0.3 is 14.5 Å². The summed E-state index contributed by atoms with van der Waals surface area (Å²) in [7, 11) is 0. The molecule has 1 atom stereocenters. The van der Waals surface area contributed by atoms with E-state index in [1.165, 1.54) is 4.90 Å². The van der Waals surface area contributed by atoms with E-state index in [4.69, 9.17) is 4.74 Å². The molecule has 2 fully saturated rings. The molecule has 5 amide bonds. The Morgan fingerprint density at radius 2 is 1.73 bits per heavy atom. The number of anilines is 1. The van der Waals surface area contributed by atoms with Crippen LogP contribution in [0.3, 0.4) is 0 Å². The topological polar surface area (TPSA) is 116 Å². The van der Waals surface area contributed by atoms with E-state index in [-0.39, 0.29) is 36.2 Å². The van der Waals surface area contributed by atoms with Crippen LogP contribution in [-0.4, -0.2) is 77.8 Å². The normalized spacial score (nSPS) is 19.7. The second-order valence-corrected chi connectivity index (χ2v) is 11.4. The number of carbonyl (C=O) groups is 5. The van der Waals surface area contributed by atoms with Gasteiger partial charge in [-0.3, -0.25) is 29.4 Å². The summed E-state index contributed by atoms with van der Waals surface area (Å²) in [6.45, 7) is 10.3. The van der Waals surface area contributed by atoms with Gasteiger partial charge in [0.2, 0.25) is 12.3 Å². The fourth-order valence-electron chi connectivity index (χ4n) is 5.51. The molecule has 3 aliphatic heterocycles. The summed E-state index contributed by atoms with van der Waals surface area (Å²) in [6.07, 6.45) is 3.17. The maximum absolute atomic E-state index is 13.2. The number of nitrogens with one attached hydrogen (secondary N) is 1. The number of hydrogen-bond donors (Lipinski definition) is 1. The lowest BCUT2D eigenvalue weighted by Crippen LogP contribution is -2.46. The van der Waals surface area contributed by atoms with Crippen LogP contribution in [0.4, 0.5) is 10.5 Å². The molecule has 1 unspecified atom stereocenters. The number of ether oxygens (including phenoxy) is 1. The number of carbonyl (C=O) groups excluding carboxylic acids is 5. The van der Waals surface area contributed by atoms with Crippen LogP contribution < -0.4 is 10.2 Å². The standard InChI is InChI=1S/C27H36N4O6/c1-18(5-8-22(33)28-17-32)31-23(34)20-7-6-19(15-21(20)24(31)35)30-14-11-27(16-30)9-12-29(13-10-27)25(36)37-26(2,3)4/h6-7,15,17-18H,5,8-14,16H2,1-4H3,(H,28,32,33). The number of benzene rings is 1. The highest BCUT2D eigenvalue weighted by Gasteiger charge is 2.43. The molecule has 1 aromatic carbocycles. The Hall–Kier alpha value is -3.43. The van der Waals surface area contributed by atoms with Crippen molar-refractivity contribution in [2.75, 3.05) is 31.1 Å². The smallest absolute Gasteiger partial charge is 0.410 e. The minimum atomic E-state index is -0.513. The molecule has 3 heterocycles. The third-order valence-electron chi connectivity index (χ3n) is 7.63. The fourth-order valence-corrected chi connectivity index (χ4v) is 5.51. The zero-order valence-corrected chi connectivity index (χ0v) is 22.0. The molecule has 0 aromatic heterocycles. The van der Waals surface area contributed by atoms with Gasteiger partial charge in [-0.1, -0.05) is 0 Å². The van der Waals surface area contributed by atoms with Crippen LogP contribution in [0, 0.1) is 5.41 Å². The molecule has 0 saturated carbocycles. The number of nitrogens with zero attached hydrogens (tertiary/aromatic N) is 3. The minimum Gasteiger partial charge on any atom is -0.444 e. The van der Waals surface area contributed by atoms with Gasteiger partial charge in [0, 0.05) is 44.3 Å². The molecule has 0 aliphatic carbocycles. The van der Waals surface area contributed by atoms with Gasteiger partial charge in [-0.05, 0) is 77.0 Å². The highest BCUT2D eigenvalue weighted by atomic mass is 16.6. The monoisotopic (exact) mass is 512 g/mol. The first-order chi connectivity index (χ1) is 17.4. The van der Waals surface area contributed by atoms with Gasteiger partial charge in [-0.25, -0.2) is 4.79 Å². The lowest BCUT2D eigenvalue weighted by Gasteiger charge is -2.39. The lowest BCUT2D eigenvalue weighted by atomic mass is 9.78. The van der Waals surface area contributed by atoms with Crippen molar-refractivity contribution in [3.8, 4) is 0 Å². The average Bonchev–Trinajstić information content (AvgIpc) is 3.35. The van der Waals surface area contributed by atoms with Crippen LogP contribution in [0.15, 0.2) is 18.2 Å². The van der Waals surface area contributed by atoms with Crippen LogP contribution in [0.25, 0.3) is 0 Å². The molecule has 0 radical (unpaired) electrons. The highest BCUT2D eigenvalue weighted by Crippen LogP contribution is 2.43. The Morgan fingerprint density at radius 1 is 1.08 bits per heavy atom. The first-order valence-corrected chi connectivity index (χ1v) is 12.9. The van der Waals surface area contributed by atoms with E-state index < -0.39 is 17.6 Å². The van der Waals surface area contributed by atoms with Crippen molar-refractivity contribution in [2.24, 2.45) is 5.41 Å². The average molecular weight is 513 g/mol. The quantitative estimate of drug-likeness (QED) is 0.460. The van der Waals surface area contributed by atoms with Gasteiger partial charge in [0.05, 0.1) is 11.1 Å². The molecular formula is C27H36N4O6. The fraction of sp³-hybridized carbons (Fsp3) is 0.593. The number of imide groups is 2. The van der Waals surface area contributed by atoms with Crippen LogP contribution >= 0.6 is 0 Å². The zero-order valence-electron chi connectivity index (χ0n) is 22.0. The molecule has 1 N–H and O–H groups in total. The van der Waals surface area contributed by atoms with Gasteiger partial charge in [0.15, 0.2) is 0 Å². The van der Waals surface area contributed by atoms with Crippen LogP contribution in [0.5, 0.6) is 0 Å². The van der Waals surface area contributed by atoms with Gasteiger partial charge in [0.1, 0.15) is 5.60 Å². The number of piperidine rings is 1. The molecule has 10 nitrogen and oxygen atoms in total. The maximum Gasteiger partial charge on any atom is 0.410 e. The second-order valence-electron chi connectivity index (χ2n) is 11.4. The number of rotatable bonds is 6. The van der Waals surface area contributed by atoms with E-state index in [0.29, 0.717) is 30.6 Å². The molecule has 37 heavy (non-hydrogen) atoms. The van der Waals surface area contributed by atoms with E-state index in [2.05, 4.69) is 10.2 Å². The van der Waals surface area contributed by atoms with E-state index in [1.54, 1.807) is 24.0 Å². The van der Waals surface area contributed by atoms with Gasteiger partial charge >= 0.3 is 6.09 Å². The molecule has 1 aromatic rings. The van der Waals surface area contributed by atoms with Crippen LogP contribution in [0.1, 0.15) is 80.5 Å². The van der Waals surface area contributed by atoms with Gasteiger partial charge in [-0.2, -0.15) is 0 Å². The largest absolute Gasteiger partial charge is 0.444 e. The van der Waals surface area contributed by atoms with Crippen molar-refractivity contribution in [2.45, 2.75) is 71.4 Å². The van der Waals surface area contributed by atoms with Gasteiger partial charge in [0.25, 0.3) is 11.8 Å². The van der Waals surface area contributed by atoms with E-state index in [0.717, 1.165) is 38.0 Å². The molecule has 4 rings (SSSR count). The number of amides is 5. The van der Waals surface area contributed by atoms with E-state index >= 15 is 0 Å². The number of likely N-dealkylation sites (tertiary alicyclic amines) is 1. The first kappa shape index (κ1) is 26.6. The van der Waals surface area contributed by atoms with Gasteiger partial charge in [-0.15, -0.1) is 0 Å². The summed E-state index contributed by atoms with van der Waals surface area (Å²) in [4.78, 5) is 65.8. The summed E-state index contributed by atoms with van der Waals surface area (Å²) in [5.74, 6) is -1.16. The first-order valence-electron chi connectivity index (χ1n) is 12.9. The predicted octanol–water partition coefficient (Wildman–Crippen LogP) is 2.95. The molecule has 1 spiro atoms. The predicted molar refractivity (Wildman–Crippen MR) is 136 cm³/mol. The van der Waals surface area contributed by atoms with Crippen molar-refractivity contribution in [1.82, 2.24) is 15.1 Å². The van der Waals surface area contributed by atoms with E-state index in [9.17, 15) is 24.0 Å². The van der Waals surface area contributed by atoms with Crippen molar-refractivity contribution in [3.63, 3.8) is 0 Å². The summed E-state index contributed by atoms with van der Waals surface area (Å²) < 4.78 is 5.52.